The normalized spacial score (nSPS) is 10.8. The monoisotopic (exact) mass is 408 g/mol. The van der Waals surface area contributed by atoms with E-state index in [0.29, 0.717) is 17.3 Å². The molecule has 0 aliphatic carbocycles. The Morgan fingerprint density at radius 1 is 0.967 bits per heavy atom. The summed E-state index contributed by atoms with van der Waals surface area (Å²) >= 11 is 0. The molecule has 10 heteroatoms. The molecule has 0 spiro atoms. The van der Waals surface area contributed by atoms with Crippen molar-refractivity contribution >= 4 is 39.6 Å². The number of nitrogens with one attached hydrogen (secondary N) is 2. The Morgan fingerprint density at radius 3 is 2.40 bits per heavy atom. The molecule has 4 rings (SSSR count). The molecule has 0 fully saturated rings. The van der Waals surface area contributed by atoms with Crippen LogP contribution >= 0.6 is 0 Å². The lowest BCUT2D eigenvalue weighted by Crippen LogP contribution is -2.06. The predicted molar refractivity (Wildman–Crippen MR) is 108 cm³/mol. The number of pyridine rings is 1. The van der Waals surface area contributed by atoms with Crippen molar-refractivity contribution in [1.82, 2.24) is 15.0 Å². The summed E-state index contributed by atoms with van der Waals surface area (Å²) in [6.07, 6.45) is 1.10. The first-order valence-corrected chi connectivity index (χ1v) is 8.77. The zero-order valence-corrected chi connectivity index (χ0v) is 15.6. The topological polar surface area (TPSA) is 106 Å². The van der Waals surface area contributed by atoms with E-state index in [-0.39, 0.29) is 17.3 Å². The lowest BCUT2D eigenvalue weighted by molar-refractivity contribution is -0.383. The lowest BCUT2D eigenvalue weighted by atomic mass is 10.1. The van der Waals surface area contributed by atoms with Crippen LogP contribution in [0, 0.1) is 28.7 Å². The third kappa shape index (κ3) is 3.70. The van der Waals surface area contributed by atoms with Crippen LogP contribution in [0.25, 0.3) is 10.9 Å². The van der Waals surface area contributed by atoms with Crippen LogP contribution in [0.15, 0.2) is 54.9 Å². The minimum atomic E-state index is -0.911. The number of rotatable bonds is 5. The van der Waals surface area contributed by atoms with Gasteiger partial charge in [0.15, 0.2) is 0 Å². The molecule has 0 unspecified atom stereocenters. The number of para-hydroxylation sites is 1. The maximum Gasteiger partial charge on any atom is 0.353 e. The minimum Gasteiger partial charge on any atom is -0.332 e. The highest BCUT2D eigenvalue weighted by atomic mass is 19.1. The van der Waals surface area contributed by atoms with Crippen molar-refractivity contribution in [1.29, 1.82) is 0 Å². The molecule has 0 saturated carbocycles. The average Bonchev–Trinajstić information content (AvgIpc) is 2.70. The van der Waals surface area contributed by atoms with Crippen LogP contribution in [0.1, 0.15) is 5.69 Å². The minimum absolute atomic E-state index is 0.101. The molecule has 2 heterocycles. The summed E-state index contributed by atoms with van der Waals surface area (Å²) < 4.78 is 27.1. The Balaban J connectivity index is 1.77. The zero-order valence-electron chi connectivity index (χ0n) is 15.6. The molecule has 2 aromatic heterocycles. The van der Waals surface area contributed by atoms with Gasteiger partial charge in [0, 0.05) is 17.1 Å². The van der Waals surface area contributed by atoms with E-state index in [1.165, 1.54) is 0 Å². The number of hydrogen-bond donors (Lipinski definition) is 2. The summed E-state index contributed by atoms with van der Waals surface area (Å²) in [5.74, 6) is -2.02. The van der Waals surface area contributed by atoms with E-state index >= 15 is 0 Å². The largest absolute Gasteiger partial charge is 0.353 e. The van der Waals surface area contributed by atoms with Gasteiger partial charge in [0.05, 0.1) is 21.8 Å². The van der Waals surface area contributed by atoms with E-state index in [0.717, 1.165) is 29.5 Å². The standard InChI is InChI=1S/C20H14F2N6O2/c1-11-5-6-12-3-2-4-16(17(12)25-11)27-20-18(28(29)30)19(23-10-24-20)26-15-8-7-13(21)9-14(15)22/h2-10H,1H3,(H2,23,24,26,27). The molecule has 0 bridgehead atoms. The van der Waals surface area contributed by atoms with Crippen molar-refractivity contribution in [2.75, 3.05) is 10.6 Å². The third-order valence-electron chi connectivity index (χ3n) is 4.30. The summed E-state index contributed by atoms with van der Waals surface area (Å²) in [4.78, 5) is 23.4. The van der Waals surface area contributed by atoms with Crippen molar-refractivity contribution in [2.24, 2.45) is 0 Å². The molecule has 2 N–H and O–H groups in total. The molecule has 4 aromatic rings. The van der Waals surface area contributed by atoms with Crippen molar-refractivity contribution < 1.29 is 13.7 Å². The van der Waals surface area contributed by atoms with Crippen LogP contribution < -0.4 is 10.6 Å². The van der Waals surface area contributed by atoms with Gasteiger partial charge in [-0.1, -0.05) is 18.2 Å². The second-order valence-electron chi connectivity index (χ2n) is 6.38. The number of anilines is 4. The van der Waals surface area contributed by atoms with Gasteiger partial charge in [-0.3, -0.25) is 15.1 Å². The zero-order chi connectivity index (χ0) is 21.3. The maximum atomic E-state index is 14.0. The van der Waals surface area contributed by atoms with Crippen molar-refractivity contribution in [3.05, 3.63) is 82.3 Å². The third-order valence-corrected chi connectivity index (χ3v) is 4.30. The summed E-state index contributed by atoms with van der Waals surface area (Å²) in [6, 6.07) is 11.9. The summed E-state index contributed by atoms with van der Waals surface area (Å²) in [7, 11) is 0. The van der Waals surface area contributed by atoms with Gasteiger partial charge >= 0.3 is 5.69 Å². The molecular formula is C20H14F2N6O2. The van der Waals surface area contributed by atoms with Crippen LogP contribution in [-0.2, 0) is 0 Å². The number of aryl methyl sites for hydroxylation is 1. The van der Waals surface area contributed by atoms with Crippen LogP contribution in [0.3, 0.4) is 0 Å². The molecule has 0 amide bonds. The van der Waals surface area contributed by atoms with Crippen LogP contribution in [0.4, 0.5) is 37.5 Å². The molecule has 0 aliphatic rings. The van der Waals surface area contributed by atoms with Crippen molar-refractivity contribution in [3.8, 4) is 0 Å². The van der Waals surface area contributed by atoms with E-state index in [2.05, 4.69) is 25.6 Å². The van der Waals surface area contributed by atoms with Crippen LogP contribution in [-0.4, -0.2) is 19.9 Å². The Hall–Kier alpha value is -4.21. The van der Waals surface area contributed by atoms with E-state index in [1.807, 2.05) is 25.1 Å². The van der Waals surface area contributed by atoms with Gasteiger partial charge in [-0.2, -0.15) is 0 Å². The molecule has 30 heavy (non-hydrogen) atoms. The fourth-order valence-electron chi connectivity index (χ4n) is 2.93. The fourth-order valence-corrected chi connectivity index (χ4v) is 2.93. The number of nitrogens with zero attached hydrogens (tertiary/aromatic N) is 4. The fraction of sp³-hybridized carbons (Fsp3) is 0.0500. The first kappa shape index (κ1) is 19.1. The van der Waals surface area contributed by atoms with Gasteiger partial charge in [-0.25, -0.2) is 18.7 Å². The molecule has 2 aromatic carbocycles. The Labute approximate surface area is 168 Å². The molecular weight excluding hydrogens is 394 g/mol. The van der Waals surface area contributed by atoms with Crippen molar-refractivity contribution in [2.45, 2.75) is 6.92 Å². The molecule has 0 saturated heterocycles. The van der Waals surface area contributed by atoms with Crippen molar-refractivity contribution in [3.63, 3.8) is 0 Å². The smallest absolute Gasteiger partial charge is 0.332 e. The van der Waals surface area contributed by atoms with E-state index in [9.17, 15) is 18.9 Å². The number of fused-ring (bicyclic) bond motifs is 1. The molecule has 0 atom stereocenters. The predicted octanol–water partition coefficient (Wildman–Crippen LogP) is 5.01. The highest BCUT2D eigenvalue weighted by Crippen LogP contribution is 2.35. The first-order valence-electron chi connectivity index (χ1n) is 8.77. The van der Waals surface area contributed by atoms with Crippen LogP contribution in [0.5, 0.6) is 0 Å². The number of aromatic nitrogens is 3. The summed E-state index contributed by atoms with van der Waals surface area (Å²) in [5.41, 5.74) is 1.25. The molecule has 8 nitrogen and oxygen atoms in total. The first-order chi connectivity index (χ1) is 14.4. The van der Waals surface area contributed by atoms with Gasteiger partial charge in [0.1, 0.15) is 18.0 Å². The van der Waals surface area contributed by atoms with Gasteiger partial charge in [0.25, 0.3) is 0 Å². The highest BCUT2D eigenvalue weighted by Gasteiger charge is 2.24. The van der Waals surface area contributed by atoms with Gasteiger partial charge in [-0.15, -0.1) is 0 Å². The lowest BCUT2D eigenvalue weighted by Gasteiger charge is -2.12. The second-order valence-corrected chi connectivity index (χ2v) is 6.38. The maximum absolute atomic E-state index is 14.0. The van der Waals surface area contributed by atoms with Crippen LogP contribution in [0.2, 0.25) is 0 Å². The summed E-state index contributed by atoms with van der Waals surface area (Å²) in [6.45, 7) is 1.84. The Kier molecular flexibility index (Phi) is 4.88. The molecule has 150 valence electrons. The van der Waals surface area contributed by atoms with E-state index < -0.39 is 22.2 Å². The SMILES string of the molecule is Cc1ccc2cccc(Nc3ncnc(Nc4ccc(F)cc4F)c3[N+](=O)[O-])c2n1. The number of halogens is 2. The quantitative estimate of drug-likeness (QED) is 0.353. The molecule has 0 aliphatic heterocycles. The van der Waals surface area contributed by atoms with E-state index in [1.54, 1.807) is 12.1 Å². The van der Waals surface area contributed by atoms with Gasteiger partial charge in [0.2, 0.25) is 11.6 Å². The average molecular weight is 408 g/mol. The van der Waals surface area contributed by atoms with E-state index in [4.69, 9.17) is 0 Å². The number of hydrogen-bond acceptors (Lipinski definition) is 7. The van der Waals surface area contributed by atoms with Gasteiger partial charge in [-0.05, 0) is 31.2 Å². The summed E-state index contributed by atoms with van der Waals surface area (Å²) in [5, 5.41) is 18.1. The van der Waals surface area contributed by atoms with Gasteiger partial charge < -0.3 is 10.6 Å². The Bertz CT molecular complexity index is 1280. The number of nitro groups is 1. The Morgan fingerprint density at radius 2 is 1.70 bits per heavy atom. The molecule has 0 radical (unpaired) electrons. The number of benzene rings is 2. The highest BCUT2D eigenvalue weighted by molar-refractivity contribution is 5.93. The second kappa shape index (κ2) is 7.66.